The minimum atomic E-state index is -2.17. The van der Waals surface area contributed by atoms with Crippen LogP contribution in [0.25, 0.3) is 0 Å². The summed E-state index contributed by atoms with van der Waals surface area (Å²) in [5.41, 5.74) is 1.67. The van der Waals surface area contributed by atoms with Gasteiger partial charge in [-0.2, -0.15) is 0 Å². The van der Waals surface area contributed by atoms with E-state index in [0.717, 1.165) is 16.9 Å². The molecule has 0 N–H and O–H groups in total. The number of benzene rings is 1. The first-order valence-corrected chi connectivity index (χ1v) is 4.88. The van der Waals surface area contributed by atoms with Gasteiger partial charge in [0.1, 0.15) is 5.75 Å². The molecule has 0 fully saturated rings. The molecule has 0 saturated heterocycles. The Kier molecular flexibility index (Phi) is 5.93. The fourth-order valence-corrected chi connectivity index (χ4v) is 1.87. The van der Waals surface area contributed by atoms with Gasteiger partial charge in [0.05, 0.1) is 7.11 Å². The van der Waals surface area contributed by atoms with Crippen LogP contribution in [0, 0.1) is 13.8 Å². The van der Waals surface area contributed by atoms with Gasteiger partial charge in [-0.05, 0) is 48.2 Å². The van der Waals surface area contributed by atoms with Crippen LogP contribution in [0.2, 0.25) is 0 Å². The van der Waals surface area contributed by atoms with Crippen molar-refractivity contribution in [3.63, 3.8) is 0 Å². The van der Waals surface area contributed by atoms with Gasteiger partial charge in [-0.3, -0.25) is 4.21 Å². The molecule has 0 aliphatic rings. The third-order valence-corrected chi connectivity index (χ3v) is 2.45. The summed E-state index contributed by atoms with van der Waals surface area (Å²) in [6.45, 7) is 3.64. The number of ether oxygens (including phenoxy) is 1. The van der Waals surface area contributed by atoms with E-state index in [-0.39, 0.29) is 29.6 Å². The van der Waals surface area contributed by atoms with Crippen LogP contribution < -0.4 is 34.3 Å². The van der Waals surface area contributed by atoms with Gasteiger partial charge in [0.2, 0.25) is 0 Å². The molecule has 1 rings (SSSR count). The van der Waals surface area contributed by atoms with Crippen molar-refractivity contribution in [2.24, 2.45) is 0 Å². The molecule has 0 heterocycles. The number of aryl methyl sites for hydroxylation is 2. The van der Waals surface area contributed by atoms with E-state index < -0.39 is 11.1 Å². The van der Waals surface area contributed by atoms with Crippen molar-refractivity contribution in [2.75, 3.05) is 7.11 Å². The first kappa shape index (κ1) is 14.1. The predicted octanol–water partition coefficient (Wildman–Crippen LogP) is -1.45. The molecule has 14 heavy (non-hydrogen) atoms. The van der Waals surface area contributed by atoms with E-state index in [1.807, 2.05) is 13.8 Å². The van der Waals surface area contributed by atoms with E-state index in [9.17, 15) is 8.76 Å². The fraction of sp³-hybridized carbons (Fsp3) is 0.333. The van der Waals surface area contributed by atoms with Crippen molar-refractivity contribution < 1.29 is 43.1 Å². The molecular weight excluding hydrogens is 211 g/mol. The van der Waals surface area contributed by atoms with Crippen LogP contribution in [0.1, 0.15) is 11.1 Å². The molecule has 0 spiro atoms. The van der Waals surface area contributed by atoms with Crippen molar-refractivity contribution in [1.29, 1.82) is 0 Å². The summed E-state index contributed by atoms with van der Waals surface area (Å²) in [7, 11) is 1.57. The quantitative estimate of drug-likeness (QED) is 0.454. The maximum absolute atomic E-state index is 10.7. The van der Waals surface area contributed by atoms with Crippen molar-refractivity contribution in [3.05, 3.63) is 23.3 Å². The van der Waals surface area contributed by atoms with E-state index in [0.29, 0.717) is 4.90 Å². The summed E-state index contributed by atoms with van der Waals surface area (Å²) in [6, 6.07) is 3.18. The Morgan fingerprint density at radius 1 is 1.29 bits per heavy atom. The Balaban J connectivity index is 0.00000169. The molecule has 1 aromatic rings. The third kappa shape index (κ3) is 3.07. The van der Waals surface area contributed by atoms with Gasteiger partial charge in [0, 0.05) is 4.90 Å². The van der Waals surface area contributed by atoms with Gasteiger partial charge in [-0.25, -0.2) is 0 Å². The zero-order valence-electron chi connectivity index (χ0n) is 8.79. The monoisotopic (exact) mass is 222 g/mol. The smallest absolute Gasteiger partial charge is 0.768 e. The second kappa shape index (κ2) is 5.88. The van der Waals surface area contributed by atoms with Crippen LogP contribution in [0.15, 0.2) is 17.0 Å². The third-order valence-electron chi connectivity index (χ3n) is 1.83. The largest absolute Gasteiger partial charge is 1.00 e. The maximum Gasteiger partial charge on any atom is 1.00 e. The zero-order chi connectivity index (χ0) is 10.0. The van der Waals surface area contributed by atoms with E-state index in [1.54, 1.807) is 19.2 Å². The van der Waals surface area contributed by atoms with E-state index in [4.69, 9.17) is 4.74 Å². The van der Waals surface area contributed by atoms with E-state index >= 15 is 0 Å². The molecule has 1 atom stereocenters. The average molecular weight is 222 g/mol. The molecule has 1 aromatic carbocycles. The minimum absolute atomic E-state index is 0. The number of hydrogen-bond donors (Lipinski definition) is 0. The molecule has 0 aliphatic heterocycles. The summed E-state index contributed by atoms with van der Waals surface area (Å²) >= 11 is -2.17. The molecule has 1 unspecified atom stereocenters. The van der Waals surface area contributed by atoms with Crippen LogP contribution in [0.4, 0.5) is 0 Å². The second-order valence-electron chi connectivity index (χ2n) is 2.83. The Bertz CT molecular complexity index is 329. The van der Waals surface area contributed by atoms with Crippen molar-refractivity contribution >= 4 is 11.1 Å². The minimum Gasteiger partial charge on any atom is -0.768 e. The van der Waals surface area contributed by atoms with Gasteiger partial charge in [0.25, 0.3) is 0 Å². The summed E-state index contributed by atoms with van der Waals surface area (Å²) in [5, 5.41) is 0. The summed E-state index contributed by atoms with van der Waals surface area (Å²) in [6.07, 6.45) is 0. The molecule has 0 bridgehead atoms. The average Bonchev–Trinajstić information content (AvgIpc) is 2.03. The van der Waals surface area contributed by atoms with Gasteiger partial charge < -0.3 is 9.29 Å². The molecule has 0 radical (unpaired) electrons. The molecule has 0 aromatic heterocycles. The summed E-state index contributed by atoms with van der Waals surface area (Å²) < 4.78 is 26.4. The predicted molar refractivity (Wildman–Crippen MR) is 49.7 cm³/mol. The maximum atomic E-state index is 10.7. The molecule has 0 amide bonds. The Morgan fingerprint density at radius 3 is 2.00 bits per heavy atom. The van der Waals surface area contributed by atoms with Crippen LogP contribution in [0.5, 0.6) is 5.75 Å². The van der Waals surface area contributed by atoms with Crippen molar-refractivity contribution in [2.45, 2.75) is 18.7 Å². The van der Waals surface area contributed by atoms with Crippen LogP contribution in [-0.4, -0.2) is 15.9 Å². The number of hydrogen-bond acceptors (Lipinski definition) is 3. The Morgan fingerprint density at radius 2 is 1.71 bits per heavy atom. The standard InChI is InChI=1S/C9H12O3S.Na/c1-6-4-8(13(10)11)5-7(2)9(6)12-3;/h4-5H,1-3H3,(H,10,11);/q;+1/p-1. The van der Waals surface area contributed by atoms with Crippen molar-refractivity contribution in [3.8, 4) is 5.75 Å². The summed E-state index contributed by atoms with van der Waals surface area (Å²) in [4.78, 5) is 0.302. The van der Waals surface area contributed by atoms with E-state index in [2.05, 4.69) is 0 Å². The van der Waals surface area contributed by atoms with Gasteiger partial charge >= 0.3 is 29.6 Å². The van der Waals surface area contributed by atoms with Crippen LogP contribution in [0.3, 0.4) is 0 Å². The molecule has 72 valence electrons. The van der Waals surface area contributed by atoms with Gasteiger partial charge in [-0.1, -0.05) is 0 Å². The van der Waals surface area contributed by atoms with Gasteiger partial charge in [0.15, 0.2) is 0 Å². The first-order valence-electron chi connectivity index (χ1n) is 3.80. The van der Waals surface area contributed by atoms with Gasteiger partial charge in [-0.15, -0.1) is 0 Å². The molecule has 3 nitrogen and oxygen atoms in total. The molecular formula is C9H11NaO3S. The van der Waals surface area contributed by atoms with Crippen molar-refractivity contribution in [1.82, 2.24) is 0 Å². The van der Waals surface area contributed by atoms with Crippen LogP contribution >= 0.6 is 0 Å². The first-order chi connectivity index (χ1) is 6.06. The topological polar surface area (TPSA) is 49.4 Å². The SMILES string of the molecule is COc1c(C)cc(S(=O)[O-])cc1C.[Na+]. The molecule has 0 saturated carbocycles. The van der Waals surface area contributed by atoms with E-state index in [1.165, 1.54) is 0 Å². The number of methoxy groups -OCH3 is 1. The normalized spacial score (nSPS) is 11.7. The zero-order valence-corrected chi connectivity index (χ0v) is 11.6. The second-order valence-corrected chi connectivity index (χ2v) is 3.77. The fourth-order valence-electron chi connectivity index (χ4n) is 1.33. The molecule has 0 aliphatic carbocycles. The molecule has 5 heteroatoms. The van der Waals surface area contributed by atoms with Crippen LogP contribution in [-0.2, 0) is 11.1 Å². The summed E-state index contributed by atoms with van der Waals surface area (Å²) in [5.74, 6) is 0.745. The Labute approximate surface area is 108 Å². The Hall–Kier alpha value is 0.130. The number of rotatable bonds is 2.